The van der Waals surface area contributed by atoms with Crippen LogP contribution in [0.3, 0.4) is 0 Å². The molecule has 1 atom stereocenters. The largest absolute Gasteiger partial charge is 0.493 e. The molecule has 0 bridgehead atoms. The van der Waals surface area contributed by atoms with Crippen molar-refractivity contribution < 1.29 is 23.4 Å². The standard InChI is InChI=1S/C25H23FN4O4/c1-3-32-25(31)18-11-30-20-6-4-15-17(26)5-7-21-23(15)14(12-33-21)13-34-22(20)10-16(24(30)28-18)19-8-9-27-29(19)2/h5,7-11,14H,3-4,6,12-13H2,1-2H3/t14-/m1/s1. The molecule has 5 heterocycles. The minimum atomic E-state index is -0.493. The quantitative estimate of drug-likeness (QED) is 0.432. The summed E-state index contributed by atoms with van der Waals surface area (Å²) >= 11 is 0. The molecular weight excluding hydrogens is 439 g/mol. The fourth-order valence-corrected chi connectivity index (χ4v) is 4.96. The summed E-state index contributed by atoms with van der Waals surface area (Å²) in [6.07, 6.45) is 4.35. The summed E-state index contributed by atoms with van der Waals surface area (Å²) in [6.45, 7) is 2.82. The monoisotopic (exact) mass is 462 g/mol. The van der Waals surface area contributed by atoms with E-state index < -0.39 is 5.97 Å². The van der Waals surface area contributed by atoms with Crippen LogP contribution in [-0.4, -0.2) is 45.0 Å². The molecule has 0 amide bonds. The van der Waals surface area contributed by atoms with E-state index in [4.69, 9.17) is 14.2 Å². The third-order valence-corrected chi connectivity index (χ3v) is 6.54. The van der Waals surface area contributed by atoms with E-state index in [2.05, 4.69) is 10.1 Å². The average Bonchev–Trinajstić information content (AvgIpc) is 3.55. The molecule has 0 N–H and O–H groups in total. The maximum Gasteiger partial charge on any atom is 0.358 e. The van der Waals surface area contributed by atoms with Crippen molar-refractivity contribution in [2.24, 2.45) is 7.05 Å². The van der Waals surface area contributed by atoms with Gasteiger partial charge in [0, 0.05) is 30.6 Å². The molecule has 0 saturated heterocycles. The molecule has 0 unspecified atom stereocenters. The number of hydrogen-bond acceptors (Lipinski definition) is 6. The lowest BCUT2D eigenvalue weighted by atomic mass is 9.93. The Morgan fingerprint density at radius 1 is 1.21 bits per heavy atom. The number of carbonyl (C=O) groups excluding carboxylic acids is 1. The highest BCUT2D eigenvalue weighted by Gasteiger charge is 2.32. The van der Waals surface area contributed by atoms with E-state index in [9.17, 15) is 9.18 Å². The molecule has 34 heavy (non-hydrogen) atoms. The number of rotatable bonds is 3. The minimum Gasteiger partial charge on any atom is -0.493 e. The Hall–Kier alpha value is -3.88. The SMILES string of the molecule is CCOC(=O)c1cn2c3c(cc(-c4ccnn4C)c2n1)OC[C@H]1COc2ccc(F)c(c21)CC3. The second-order valence-corrected chi connectivity index (χ2v) is 8.51. The van der Waals surface area contributed by atoms with Gasteiger partial charge in [0.2, 0.25) is 0 Å². The lowest BCUT2D eigenvalue weighted by molar-refractivity contribution is 0.0520. The van der Waals surface area contributed by atoms with Gasteiger partial charge < -0.3 is 14.2 Å². The van der Waals surface area contributed by atoms with Crippen molar-refractivity contribution in [2.45, 2.75) is 25.7 Å². The normalized spacial score (nSPS) is 16.6. The molecule has 9 heteroatoms. The van der Waals surface area contributed by atoms with Gasteiger partial charge in [0.05, 0.1) is 37.1 Å². The zero-order valence-electron chi connectivity index (χ0n) is 18.9. The first kappa shape index (κ1) is 20.7. The van der Waals surface area contributed by atoms with Crippen molar-refractivity contribution >= 4 is 11.6 Å². The van der Waals surface area contributed by atoms with E-state index in [1.54, 1.807) is 30.1 Å². The van der Waals surface area contributed by atoms with Gasteiger partial charge >= 0.3 is 5.97 Å². The number of hydrogen-bond donors (Lipinski definition) is 0. The van der Waals surface area contributed by atoms with Crippen molar-refractivity contribution in [3.63, 3.8) is 0 Å². The van der Waals surface area contributed by atoms with E-state index >= 15 is 0 Å². The first-order valence-electron chi connectivity index (χ1n) is 11.3. The summed E-state index contributed by atoms with van der Waals surface area (Å²) in [5.41, 5.74) is 4.79. The predicted octanol–water partition coefficient (Wildman–Crippen LogP) is 3.70. The van der Waals surface area contributed by atoms with Crippen LogP contribution in [0, 0.1) is 5.82 Å². The number of nitrogens with zero attached hydrogens (tertiary/aromatic N) is 4. The number of fused-ring (bicyclic) bond motifs is 3. The number of aryl methyl sites for hydroxylation is 2. The molecule has 0 aliphatic carbocycles. The lowest BCUT2D eigenvalue weighted by Gasteiger charge is -2.16. The number of carbonyl (C=O) groups is 1. The van der Waals surface area contributed by atoms with Crippen LogP contribution >= 0.6 is 0 Å². The zero-order valence-corrected chi connectivity index (χ0v) is 18.9. The first-order valence-corrected chi connectivity index (χ1v) is 11.3. The number of ether oxygens (including phenoxy) is 3. The van der Waals surface area contributed by atoms with Crippen LogP contribution in [-0.2, 0) is 24.6 Å². The Morgan fingerprint density at radius 2 is 2.03 bits per heavy atom. The minimum absolute atomic E-state index is 0.0552. The second-order valence-electron chi connectivity index (χ2n) is 8.51. The van der Waals surface area contributed by atoms with Crippen molar-refractivity contribution in [1.29, 1.82) is 0 Å². The molecule has 0 spiro atoms. The van der Waals surface area contributed by atoms with Crippen LogP contribution < -0.4 is 9.47 Å². The highest BCUT2D eigenvalue weighted by molar-refractivity contribution is 5.90. The lowest BCUT2D eigenvalue weighted by Crippen LogP contribution is -2.13. The third kappa shape index (κ3) is 3.14. The van der Waals surface area contributed by atoms with Crippen LogP contribution in [0.15, 0.2) is 36.7 Å². The number of benzene rings is 1. The molecule has 0 saturated carbocycles. The van der Waals surface area contributed by atoms with E-state index in [0.29, 0.717) is 43.0 Å². The fraction of sp³-hybridized carbons (Fsp3) is 0.320. The highest BCUT2D eigenvalue weighted by atomic mass is 19.1. The van der Waals surface area contributed by atoms with Crippen LogP contribution in [0.5, 0.6) is 11.5 Å². The van der Waals surface area contributed by atoms with Crippen molar-refractivity contribution in [2.75, 3.05) is 19.8 Å². The highest BCUT2D eigenvalue weighted by Crippen LogP contribution is 2.41. The van der Waals surface area contributed by atoms with E-state index in [-0.39, 0.29) is 24.0 Å². The van der Waals surface area contributed by atoms with Crippen molar-refractivity contribution in [1.82, 2.24) is 19.2 Å². The summed E-state index contributed by atoms with van der Waals surface area (Å²) in [5.74, 6) is 0.605. The number of aromatic nitrogens is 4. The second kappa shape index (κ2) is 7.86. The van der Waals surface area contributed by atoms with Gasteiger partial charge in [-0.05, 0) is 49.6 Å². The van der Waals surface area contributed by atoms with Gasteiger partial charge in [-0.25, -0.2) is 14.2 Å². The number of esters is 1. The predicted molar refractivity (Wildman–Crippen MR) is 121 cm³/mol. The Morgan fingerprint density at radius 3 is 2.79 bits per heavy atom. The smallest absolute Gasteiger partial charge is 0.358 e. The van der Waals surface area contributed by atoms with Crippen LogP contribution in [0.25, 0.3) is 16.9 Å². The zero-order chi connectivity index (χ0) is 23.4. The van der Waals surface area contributed by atoms with Gasteiger partial charge in [-0.2, -0.15) is 5.10 Å². The van der Waals surface area contributed by atoms with Gasteiger partial charge in [0.1, 0.15) is 23.0 Å². The van der Waals surface area contributed by atoms with Crippen molar-refractivity contribution in [3.05, 3.63) is 65.0 Å². The van der Waals surface area contributed by atoms with E-state index in [0.717, 1.165) is 28.3 Å². The molecule has 0 radical (unpaired) electrons. The molecule has 174 valence electrons. The Labute approximate surface area is 194 Å². The molecule has 2 aliphatic rings. The van der Waals surface area contributed by atoms with Gasteiger partial charge in [-0.15, -0.1) is 0 Å². The fourth-order valence-electron chi connectivity index (χ4n) is 4.96. The van der Waals surface area contributed by atoms with E-state index in [1.165, 1.54) is 6.07 Å². The molecule has 2 aliphatic heterocycles. The van der Waals surface area contributed by atoms with Gasteiger partial charge in [-0.3, -0.25) is 9.08 Å². The van der Waals surface area contributed by atoms with Gasteiger partial charge in [0.15, 0.2) is 5.69 Å². The maximum atomic E-state index is 14.9. The topological polar surface area (TPSA) is 79.9 Å². The van der Waals surface area contributed by atoms with E-state index in [1.807, 2.05) is 23.6 Å². The van der Waals surface area contributed by atoms with Gasteiger partial charge in [0.25, 0.3) is 0 Å². The molecule has 8 nitrogen and oxygen atoms in total. The molecular formula is C25H23FN4O4. The third-order valence-electron chi connectivity index (χ3n) is 6.54. The summed E-state index contributed by atoms with van der Waals surface area (Å²) in [5, 5.41) is 4.29. The summed E-state index contributed by atoms with van der Waals surface area (Å²) in [4.78, 5) is 17.1. The Balaban J connectivity index is 1.55. The summed E-state index contributed by atoms with van der Waals surface area (Å²) in [7, 11) is 1.85. The maximum absolute atomic E-state index is 14.9. The number of imidazole rings is 1. The Bertz CT molecular complexity index is 1440. The molecule has 3 aromatic heterocycles. The number of pyridine rings is 1. The molecule has 0 fully saturated rings. The van der Waals surface area contributed by atoms with Crippen LogP contribution in [0.1, 0.15) is 40.2 Å². The molecule has 4 aromatic rings. The molecule has 1 aromatic carbocycles. The van der Waals surface area contributed by atoms with Crippen LogP contribution in [0.2, 0.25) is 0 Å². The summed E-state index contributed by atoms with van der Waals surface area (Å²) < 4.78 is 35.9. The summed E-state index contributed by atoms with van der Waals surface area (Å²) in [6, 6.07) is 6.98. The Kier molecular flexibility index (Phi) is 4.79. The van der Waals surface area contributed by atoms with Crippen molar-refractivity contribution in [3.8, 4) is 22.8 Å². The first-order chi connectivity index (χ1) is 16.5. The average molecular weight is 462 g/mol. The molecule has 6 rings (SSSR count). The number of halogens is 1. The van der Waals surface area contributed by atoms with Crippen LogP contribution in [0.4, 0.5) is 4.39 Å². The van der Waals surface area contributed by atoms with Gasteiger partial charge in [-0.1, -0.05) is 0 Å².